The third kappa shape index (κ3) is 6.98. The van der Waals surface area contributed by atoms with Crippen LogP contribution in [-0.4, -0.2) is 23.9 Å². The number of hydrogen-bond acceptors (Lipinski definition) is 1. The normalized spacial score (nSPS) is 16.4. The lowest BCUT2D eigenvalue weighted by molar-refractivity contribution is -0.141. The van der Waals surface area contributed by atoms with Crippen LogP contribution in [0.3, 0.4) is 0 Å². The Hall–Kier alpha value is -0.790. The first-order valence-corrected chi connectivity index (χ1v) is 9.64. The van der Waals surface area contributed by atoms with Crippen molar-refractivity contribution < 1.29 is 4.79 Å². The lowest BCUT2D eigenvalue weighted by Crippen LogP contribution is -2.51. The third-order valence-electron chi connectivity index (χ3n) is 4.97. The van der Waals surface area contributed by atoms with Gasteiger partial charge in [0, 0.05) is 24.9 Å². The number of hydrogen-bond donors (Lipinski definition) is 0. The molecular formula is C20H37NO. The minimum Gasteiger partial charge on any atom is -0.341 e. The molecule has 0 N–H and O–H groups in total. The van der Waals surface area contributed by atoms with Gasteiger partial charge in [-0.3, -0.25) is 4.79 Å². The molecule has 0 radical (unpaired) electrons. The van der Waals surface area contributed by atoms with Crippen molar-refractivity contribution in [3.05, 3.63) is 12.7 Å². The molecule has 128 valence electrons. The molecule has 1 saturated heterocycles. The minimum absolute atomic E-state index is 0.282. The summed E-state index contributed by atoms with van der Waals surface area (Å²) >= 11 is 0. The fourth-order valence-corrected chi connectivity index (χ4v) is 3.30. The Morgan fingerprint density at radius 3 is 2.00 bits per heavy atom. The van der Waals surface area contributed by atoms with Crippen LogP contribution in [0.4, 0.5) is 0 Å². The molecule has 0 spiro atoms. The van der Waals surface area contributed by atoms with Gasteiger partial charge in [-0.2, -0.15) is 0 Å². The predicted octanol–water partition coefficient (Wildman–Crippen LogP) is 5.58. The number of unbranched alkanes of at least 4 members (excludes halogenated alkanes) is 7. The molecule has 22 heavy (non-hydrogen) atoms. The van der Waals surface area contributed by atoms with E-state index in [0.29, 0.717) is 11.8 Å². The molecule has 2 nitrogen and oxygen atoms in total. The summed E-state index contributed by atoms with van der Waals surface area (Å²) in [6.07, 6.45) is 15.7. The van der Waals surface area contributed by atoms with Crippen molar-refractivity contribution >= 4 is 5.91 Å². The number of nitrogens with zero attached hydrogens (tertiary/aromatic N) is 1. The van der Waals surface area contributed by atoms with E-state index in [4.69, 9.17) is 0 Å². The van der Waals surface area contributed by atoms with Gasteiger partial charge in [0.25, 0.3) is 0 Å². The second-order valence-electron chi connectivity index (χ2n) is 6.99. The molecule has 1 fully saturated rings. The van der Waals surface area contributed by atoms with Gasteiger partial charge in [-0.1, -0.05) is 77.7 Å². The smallest absolute Gasteiger partial charge is 0.225 e. The SMILES string of the molecule is C=CC1CN(C(=O)C(CCCCCC)CCCCCCC)C1. The van der Waals surface area contributed by atoms with Gasteiger partial charge in [-0.15, -0.1) is 6.58 Å². The van der Waals surface area contributed by atoms with Crippen molar-refractivity contribution in [2.24, 2.45) is 11.8 Å². The first-order valence-electron chi connectivity index (χ1n) is 9.64. The fraction of sp³-hybridized carbons (Fsp3) is 0.850. The van der Waals surface area contributed by atoms with Gasteiger partial charge < -0.3 is 4.90 Å². The Balaban J connectivity index is 2.32. The van der Waals surface area contributed by atoms with Crippen molar-refractivity contribution in [3.8, 4) is 0 Å². The fourth-order valence-electron chi connectivity index (χ4n) is 3.30. The zero-order valence-electron chi connectivity index (χ0n) is 15.0. The lowest BCUT2D eigenvalue weighted by atomic mass is 9.90. The van der Waals surface area contributed by atoms with Crippen LogP contribution in [0.1, 0.15) is 84.5 Å². The standard InChI is InChI=1S/C20H37NO/c1-4-7-9-11-13-15-19(14-12-10-8-5-2)20(22)21-16-18(6-3)17-21/h6,18-19H,3-5,7-17H2,1-2H3. The Labute approximate surface area is 138 Å². The largest absolute Gasteiger partial charge is 0.341 e. The highest BCUT2D eigenvalue weighted by atomic mass is 16.2. The highest BCUT2D eigenvalue weighted by molar-refractivity contribution is 5.79. The summed E-state index contributed by atoms with van der Waals surface area (Å²) in [4.78, 5) is 14.7. The van der Waals surface area contributed by atoms with Crippen LogP contribution in [0.5, 0.6) is 0 Å². The first kappa shape index (κ1) is 19.3. The maximum absolute atomic E-state index is 12.7. The molecule has 1 unspecified atom stereocenters. The first-order chi connectivity index (χ1) is 10.7. The van der Waals surface area contributed by atoms with Crippen LogP contribution < -0.4 is 0 Å². The van der Waals surface area contributed by atoms with E-state index in [-0.39, 0.29) is 5.92 Å². The molecule has 1 amide bonds. The summed E-state index contributed by atoms with van der Waals surface area (Å²) in [6, 6.07) is 0. The maximum Gasteiger partial charge on any atom is 0.225 e. The van der Waals surface area contributed by atoms with E-state index in [1.54, 1.807) is 0 Å². The molecule has 0 aliphatic carbocycles. The monoisotopic (exact) mass is 307 g/mol. The summed E-state index contributed by atoms with van der Waals surface area (Å²) in [5.41, 5.74) is 0. The van der Waals surface area contributed by atoms with Crippen LogP contribution in [0.15, 0.2) is 12.7 Å². The molecule has 0 saturated carbocycles. The van der Waals surface area contributed by atoms with E-state index in [1.807, 2.05) is 6.08 Å². The molecule has 0 aromatic carbocycles. The molecule has 0 bridgehead atoms. The molecule has 1 rings (SSSR count). The molecule has 1 heterocycles. The Morgan fingerprint density at radius 1 is 1.00 bits per heavy atom. The van der Waals surface area contributed by atoms with E-state index in [2.05, 4.69) is 25.3 Å². The summed E-state index contributed by atoms with van der Waals surface area (Å²) in [7, 11) is 0. The number of amides is 1. The van der Waals surface area contributed by atoms with E-state index in [0.717, 1.165) is 25.9 Å². The van der Waals surface area contributed by atoms with Gasteiger partial charge in [0.05, 0.1) is 0 Å². The van der Waals surface area contributed by atoms with E-state index < -0.39 is 0 Å². The van der Waals surface area contributed by atoms with Crippen LogP contribution in [0.2, 0.25) is 0 Å². The summed E-state index contributed by atoms with van der Waals surface area (Å²) in [5, 5.41) is 0. The van der Waals surface area contributed by atoms with E-state index >= 15 is 0 Å². The maximum atomic E-state index is 12.7. The second-order valence-corrected chi connectivity index (χ2v) is 6.99. The Bertz CT molecular complexity index is 307. The summed E-state index contributed by atoms with van der Waals surface area (Å²) in [5.74, 6) is 1.24. The number of likely N-dealkylation sites (tertiary alicyclic amines) is 1. The minimum atomic E-state index is 0.282. The molecule has 0 aromatic heterocycles. The molecule has 1 aliphatic heterocycles. The molecule has 0 aromatic rings. The zero-order valence-corrected chi connectivity index (χ0v) is 15.0. The Kier molecular flexibility index (Phi) is 10.3. The van der Waals surface area contributed by atoms with Gasteiger partial charge in [0.15, 0.2) is 0 Å². The third-order valence-corrected chi connectivity index (χ3v) is 4.97. The van der Waals surface area contributed by atoms with Crippen LogP contribution in [0.25, 0.3) is 0 Å². The molecule has 1 aliphatic rings. The van der Waals surface area contributed by atoms with E-state index in [1.165, 1.54) is 57.8 Å². The van der Waals surface area contributed by atoms with Crippen LogP contribution >= 0.6 is 0 Å². The second kappa shape index (κ2) is 11.7. The lowest BCUT2D eigenvalue weighted by Gasteiger charge is -2.39. The van der Waals surface area contributed by atoms with Crippen LogP contribution in [-0.2, 0) is 4.79 Å². The summed E-state index contributed by atoms with van der Waals surface area (Å²) < 4.78 is 0. The molecule has 2 heteroatoms. The van der Waals surface area contributed by atoms with Crippen molar-refractivity contribution in [1.82, 2.24) is 4.90 Å². The topological polar surface area (TPSA) is 20.3 Å². The zero-order chi connectivity index (χ0) is 16.2. The predicted molar refractivity (Wildman–Crippen MR) is 95.9 cm³/mol. The number of carbonyl (C=O) groups is 1. The highest BCUT2D eigenvalue weighted by Crippen LogP contribution is 2.25. The molecule has 1 atom stereocenters. The Morgan fingerprint density at radius 2 is 1.50 bits per heavy atom. The van der Waals surface area contributed by atoms with Gasteiger partial charge in [0.1, 0.15) is 0 Å². The number of carbonyl (C=O) groups excluding carboxylic acids is 1. The average Bonchev–Trinajstić information content (AvgIpc) is 2.48. The average molecular weight is 308 g/mol. The van der Waals surface area contributed by atoms with Gasteiger partial charge >= 0.3 is 0 Å². The highest BCUT2D eigenvalue weighted by Gasteiger charge is 2.32. The number of rotatable bonds is 13. The van der Waals surface area contributed by atoms with Gasteiger partial charge in [0.2, 0.25) is 5.91 Å². The quantitative estimate of drug-likeness (QED) is 0.321. The van der Waals surface area contributed by atoms with Crippen molar-refractivity contribution in [1.29, 1.82) is 0 Å². The van der Waals surface area contributed by atoms with Crippen LogP contribution in [0, 0.1) is 11.8 Å². The molecular weight excluding hydrogens is 270 g/mol. The van der Waals surface area contributed by atoms with Gasteiger partial charge in [-0.05, 0) is 12.8 Å². The van der Waals surface area contributed by atoms with Crippen molar-refractivity contribution in [2.75, 3.05) is 13.1 Å². The van der Waals surface area contributed by atoms with Crippen molar-refractivity contribution in [2.45, 2.75) is 84.5 Å². The summed E-state index contributed by atoms with van der Waals surface area (Å²) in [6.45, 7) is 10.1. The van der Waals surface area contributed by atoms with E-state index in [9.17, 15) is 4.79 Å². The van der Waals surface area contributed by atoms with Gasteiger partial charge in [-0.25, -0.2) is 0 Å². The van der Waals surface area contributed by atoms with Crippen molar-refractivity contribution in [3.63, 3.8) is 0 Å².